The SMILES string of the molecule is COc1cc(C=C2Oc3cc(OC(=O)c4ccccc4)ccc3C2=O)cc(OC)c1OC. The summed E-state index contributed by atoms with van der Waals surface area (Å²) in [5, 5.41) is 0. The van der Waals surface area contributed by atoms with Gasteiger partial charge >= 0.3 is 5.97 Å². The zero-order valence-electron chi connectivity index (χ0n) is 17.7. The normalized spacial score (nSPS) is 13.3. The third-order valence-electron chi connectivity index (χ3n) is 4.85. The molecule has 1 aliphatic heterocycles. The quantitative estimate of drug-likeness (QED) is 0.321. The predicted molar refractivity (Wildman–Crippen MR) is 117 cm³/mol. The third-order valence-corrected chi connectivity index (χ3v) is 4.85. The highest BCUT2D eigenvalue weighted by atomic mass is 16.5. The van der Waals surface area contributed by atoms with Crippen LogP contribution in [0.15, 0.2) is 66.4 Å². The first kappa shape index (κ1) is 21.0. The molecule has 0 aliphatic carbocycles. The molecule has 7 nitrogen and oxygen atoms in total. The minimum atomic E-state index is -0.497. The van der Waals surface area contributed by atoms with Crippen LogP contribution in [0.25, 0.3) is 6.08 Å². The number of carbonyl (C=O) groups excluding carboxylic acids is 2. The van der Waals surface area contributed by atoms with Crippen molar-refractivity contribution < 1.29 is 33.3 Å². The molecule has 162 valence electrons. The highest BCUT2D eigenvalue weighted by molar-refractivity contribution is 6.14. The van der Waals surface area contributed by atoms with E-state index in [9.17, 15) is 9.59 Å². The Kier molecular flexibility index (Phi) is 5.81. The summed E-state index contributed by atoms with van der Waals surface area (Å²) in [6, 6.07) is 16.7. The predicted octanol–water partition coefficient (Wildman–Crippen LogP) is 4.55. The zero-order chi connectivity index (χ0) is 22.7. The number of carbonyl (C=O) groups is 2. The van der Waals surface area contributed by atoms with Crippen molar-refractivity contribution >= 4 is 17.8 Å². The number of methoxy groups -OCH3 is 3. The maximum atomic E-state index is 12.8. The maximum Gasteiger partial charge on any atom is 0.343 e. The molecule has 0 aromatic heterocycles. The molecule has 0 atom stereocenters. The lowest BCUT2D eigenvalue weighted by molar-refractivity contribution is 0.0734. The maximum absolute atomic E-state index is 12.8. The van der Waals surface area contributed by atoms with Gasteiger partial charge < -0.3 is 23.7 Å². The molecule has 3 aromatic carbocycles. The van der Waals surface area contributed by atoms with E-state index >= 15 is 0 Å². The molecule has 0 saturated heterocycles. The number of hydrogen-bond donors (Lipinski definition) is 0. The van der Waals surface area contributed by atoms with Gasteiger partial charge in [-0.05, 0) is 48.0 Å². The summed E-state index contributed by atoms with van der Waals surface area (Å²) >= 11 is 0. The van der Waals surface area contributed by atoms with Gasteiger partial charge in [0.05, 0.1) is 32.5 Å². The molecular formula is C25H20O7. The first-order valence-corrected chi connectivity index (χ1v) is 9.69. The van der Waals surface area contributed by atoms with E-state index < -0.39 is 5.97 Å². The number of rotatable bonds is 6. The minimum absolute atomic E-state index is 0.126. The van der Waals surface area contributed by atoms with Crippen LogP contribution in [0.2, 0.25) is 0 Å². The van der Waals surface area contributed by atoms with Gasteiger partial charge in [-0.15, -0.1) is 0 Å². The van der Waals surface area contributed by atoms with Gasteiger partial charge in [-0.2, -0.15) is 0 Å². The van der Waals surface area contributed by atoms with E-state index in [4.69, 9.17) is 23.7 Å². The fourth-order valence-electron chi connectivity index (χ4n) is 3.31. The standard InChI is InChI=1S/C25H20O7/c1-28-21-12-15(13-22(29-2)24(21)30-3)11-20-23(26)18-10-9-17(14-19(18)32-20)31-25(27)16-7-5-4-6-8-16/h4-14H,1-3H3. The summed E-state index contributed by atoms with van der Waals surface area (Å²) in [6.07, 6.45) is 1.59. The second-order valence-electron chi connectivity index (χ2n) is 6.81. The van der Waals surface area contributed by atoms with Gasteiger partial charge in [-0.25, -0.2) is 4.79 Å². The second kappa shape index (κ2) is 8.85. The Morgan fingerprint density at radius 3 is 2.19 bits per heavy atom. The van der Waals surface area contributed by atoms with Crippen LogP contribution in [-0.4, -0.2) is 33.1 Å². The van der Waals surface area contributed by atoms with Crippen LogP contribution in [0.5, 0.6) is 28.7 Å². The Balaban J connectivity index is 1.59. The Morgan fingerprint density at radius 1 is 0.875 bits per heavy atom. The van der Waals surface area contributed by atoms with Crippen molar-refractivity contribution in [3.63, 3.8) is 0 Å². The molecule has 0 spiro atoms. The highest BCUT2D eigenvalue weighted by Gasteiger charge is 2.28. The van der Waals surface area contributed by atoms with Crippen molar-refractivity contribution in [2.75, 3.05) is 21.3 Å². The van der Waals surface area contributed by atoms with Gasteiger partial charge in [0.15, 0.2) is 17.3 Å². The molecule has 0 bridgehead atoms. The molecule has 1 heterocycles. The van der Waals surface area contributed by atoms with Gasteiger partial charge in [0.25, 0.3) is 0 Å². The number of Topliss-reactive ketones (excluding diaryl/α,β-unsaturated/α-hetero) is 1. The number of esters is 1. The lowest BCUT2D eigenvalue weighted by Gasteiger charge is -2.13. The topological polar surface area (TPSA) is 80.3 Å². The Hall–Kier alpha value is -4.26. The highest BCUT2D eigenvalue weighted by Crippen LogP contribution is 2.40. The van der Waals surface area contributed by atoms with E-state index in [1.165, 1.54) is 27.4 Å². The fourth-order valence-corrected chi connectivity index (χ4v) is 3.31. The summed E-state index contributed by atoms with van der Waals surface area (Å²) in [5.74, 6) is 1.29. The molecule has 0 N–H and O–H groups in total. The minimum Gasteiger partial charge on any atom is -0.493 e. The molecule has 4 rings (SSSR count). The van der Waals surface area contributed by atoms with Crippen molar-refractivity contribution in [1.82, 2.24) is 0 Å². The molecular weight excluding hydrogens is 412 g/mol. The van der Waals surface area contributed by atoms with Gasteiger partial charge in [0.2, 0.25) is 11.5 Å². The van der Waals surface area contributed by atoms with Crippen LogP contribution in [0.3, 0.4) is 0 Å². The first-order valence-electron chi connectivity index (χ1n) is 9.69. The molecule has 7 heteroatoms. The van der Waals surface area contributed by atoms with E-state index in [0.717, 1.165) is 0 Å². The Labute approximate surface area is 184 Å². The molecule has 32 heavy (non-hydrogen) atoms. The smallest absolute Gasteiger partial charge is 0.343 e. The fraction of sp³-hybridized carbons (Fsp3) is 0.120. The number of hydrogen-bond acceptors (Lipinski definition) is 7. The number of benzene rings is 3. The van der Waals surface area contributed by atoms with E-state index in [1.54, 1.807) is 54.6 Å². The van der Waals surface area contributed by atoms with E-state index in [1.807, 2.05) is 6.07 Å². The summed E-state index contributed by atoms with van der Waals surface area (Å²) in [5.41, 5.74) is 1.43. The summed E-state index contributed by atoms with van der Waals surface area (Å²) in [4.78, 5) is 25.1. The number of allylic oxidation sites excluding steroid dienone is 1. The van der Waals surface area contributed by atoms with Crippen LogP contribution in [0.4, 0.5) is 0 Å². The van der Waals surface area contributed by atoms with Gasteiger partial charge in [0.1, 0.15) is 11.5 Å². The van der Waals surface area contributed by atoms with Crippen molar-refractivity contribution in [2.45, 2.75) is 0 Å². The molecule has 1 aliphatic rings. The molecule has 0 amide bonds. The van der Waals surface area contributed by atoms with Crippen LogP contribution < -0.4 is 23.7 Å². The third kappa shape index (κ3) is 4.00. The van der Waals surface area contributed by atoms with E-state index in [0.29, 0.717) is 39.7 Å². The van der Waals surface area contributed by atoms with Gasteiger partial charge in [-0.1, -0.05) is 18.2 Å². The van der Waals surface area contributed by atoms with E-state index in [2.05, 4.69) is 0 Å². The Morgan fingerprint density at radius 2 is 1.56 bits per heavy atom. The zero-order valence-corrected chi connectivity index (χ0v) is 17.7. The average Bonchev–Trinajstić information content (AvgIpc) is 3.13. The molecule has 3 aromatic rings. The van der Waals surface area contributed by atoms with Crippen molar-refractivity contribution in [3.05, 3.63) is 83.1 Å². The van der Waals surface area contributed by atoms with Crippen molar-refractivity contribution in [2.24, 2.45) is 0 Å². The van der Waals surface area contributed by atoms with Crippen LogP contribution in [-0.2, 0) is 0 Å². The lowest BCUT2D eigenvalue weighted by atomic mass is 10.1. The summed E-state index contributed by atoms with van der Waals surface area (Å²) in [7, 11) is 4.54. The van der Waals surface area contributed by atoms with Crippen LogP contribution in [0.1, 0.15) is 26.3 Å². The van der Waals surface area contributed by atoms with Crippen molar-refractivity contribution in [3.8, 4) is 28.7 Å². The number of ketones is 1. The Bertz CT molecular complexity index is 1190. The number of ether oxygens (including phenoxy) is 5. The molecule has 0 radical (unpaired) electrons. The average molecular weight is 432 g/mol. The lowest BCUT2D eigenvalue weighted by Crippen LogP contribution is -2.08. The summed E-state index contributed by atoms with van der Waals surface area (Å²) < 4.78 is 27.2. The first-order chi connectivity index (χ1) is 15.5. The largest absolute Gasteiger partial charge is 0.493 e. The number of fused-ring (bicyclic) bond motifs is 1. The second-order valence-corrected chi connectivity index (χ2v) is 6.81. The molecule has 0 fully saturated rings. The monoisotopic (exact) mass is 432 g/mol. The van der Waals surface area contributed by atoms with Crippen molar-refractivity contribution in [1.29, 1.82) is 0 Å². The van der Waals surface area contributed by atoms with Crippen LogP contribution in [0, 0.1) is 0 Å². The summed E-state index contributed by atoms with van der Waals surface area (Å²) in [6.45, 7) is 0. The molecule has 0 saturated carbocycles. The van der Waals surface area contributed by atoms with E-state index in [-0.39, 0.29) is 17.3 Å². The molecule has 0 unspecified atom stereocenters. The van der Waals surface area contributed by atoms with Gasteiger partial charge in [-0.3, -0.25) is 4.79 Å². The van der Waals surface area contributed by atoms with Crippen LogP contribution >= 0.6 is 0 Å². The van der Waals surface area contributed by atoms with Gasteiger partial charge in [0, 0.05) is 6.07 Å².